The SMILES string of the molecule is CC(C)(C)C(O)c1cccc2c1N=C(Cn1cccc([N+](=O)[O-])c1=O)C2. The van der Waals surface area contributed by atoms with Crippen molar-refractivity contribution in [2.45, 2.75) is 39.8 Å². The van der Waals surface area contributed by atoms with E-state index in [4.69, 9.17) is 0 Å². The van der Waals surface area contributed by atoms with Crippen LogP contribution in [0, 0.1) is 15.5 Å². The molecule has 7 nitrogen and oxygen atoms in total. The van der Waals surface area contributed by atoms with Crippen molar-refractivity contribution in [1.82, 2.24) is 4.57 Å². The highest BCUT2D eigenvalue weighted by molar-refractivity contribution is 5.94. The van der Waals surface area contributed by atoms with Crippen molar-refractivity contribution in [3.05, 3.63) is 68.1 Å². The first-order valence-corrected chi connectivity index (χ1v) is 8.38. The second kappa shape index (κ2) is 6.49. The summed E-state index contributed by atoms with van der Waals surface area (Å²) in [6.07, 6.45) is 1.40. The molecule has 2 aromatic rings. The van der Waals surface area contributed by atoms with Gasteiger partial charge in [0.15, 0.2) is 0 Å². The predicted octanol–water partition coefficient (Wildman–Crippen LogP) is 3.16. The van der Waals surface area contributed by atoms with Crippen molar-refractivity contribution in [3.63, 3.8) is 0 Å². The van der Waals surface area contributed by atoms with Crippen molar-refractivity contribution >= 4 is 17.1 Å². The van der Waals surface area contributed by atoms with Gasteiger partial charge in [0.05, 0.1) is 23.3 Å². The van der Waals surface area contributed by atoms with E-state index < -0.39 is 22.3 Å². The molecule has 1 atom stereocenters. The molecule has 7 heteroatoms. The summed E-state index contributed by atoms with van der Waals surface area (Å²) in [6.45, 7) is 6.05. The lowest BCUT2D eigenvalue weighted by Crippen LogP contribution is -2.25. The van der Waals surface area contributed by atoms with Crippen LogP contribution in [0.5, 0.6) is 0 Å². The fourth-order valence-corrected chi connectivity index (χ4v) is 3.07. The normalized spacial score (nSPS) is 14.7. The number of nitrogens with zero attached hydrogens (tertiary/aromatic N) is 3. The second-order valence-electron chi connectivity index (χ2n) is 7.56. The summed E-state index contributed by atoms with van der Waals surface area (Å²) >= 11 is 0. The number of rotatable bonds is 4. The standard InChI is InChI=1S/C19H21N3O4/c1-19(2,3)17(23)14-7-4-6-12-10-13(20-16(12)14)11-21-9-5-8-15(18(21)24)22(25)26/h4-9,17,23H,10-11H2,1-3H3. The van der Waals surface area contributed by atoms with E-state index in [0.29, 0.717) is 6.42 Å². The van der Waals surface area contributed by atoms with E-state index in [1.807, 2.05) is 39.0 Å². The maximum Gasteiger partial charge on any atom is 0.334 e. The molecule has 2 heterocycles. The molecule has 0 aliphatic carbocycles. The van der Waals surface area contributed by atoms with E-state index in [-0.39, 0.29) is 12.0 Å². The number of aliphatic imine (C=N–C) groups is 1. The van der Waals surface area contributed by atoms with Crippen molar-refractivity contribution in [2.24, 2.45) is 10.4 Å². The molecule has 0 bridgehead atoms. The summed E-state index contributed by atoms with van der Waals surface area (Å²) in [6, 6.07) is 8.38. The summed E-state index contributed by atoms with van der Waals surface area (Å²) < 4.78 is 1.29. The highest BCUT2D eigenvalue weighted by Crippen LogP contribution is 2.41. The van der Waals surface area contributed by atoms with E-state index >= 15 is 0 Å². The molecule has 1 N–H and O–H groups in total. The quantitative estimate of drug-likeness (QED) is 0.673. The second-order valence-corrected chi connectivity index (χ2v) is 7.56. The van der Waals surface area contributed by atoms with Gasteiger partial charge in [0.1, 0.15) is 0 Å². The van der Waals surface area contributed by atoms with E-state index in [9.17, 15) is 20.0 Å². The van der Waals surface area contributed by atoms with E-state index in [1.165, 1.54) is 22.9 Å². The minimum absolute atomic E-state index is 0.181. The largest absolute Gasteiger partial charge is 0.388 e. The van der Waals surface area contributed by atoms with Gasteiger partial charge in [0.25, 0.3) is 0 Å². The Balaban J connectivity index is 1.94. The maximum atomic E-state index is 12.2. The molecule has 1 aliphatic heterocycles. The van der Waals surface area contributed by atoms with Crippen molar-refractivity contribution in [3.8, 4) is 0 Å². The first-order valence-electron chi connectivity index (χ1n) is 8.38. The Morgan fingerprint density at radius 1 is 1.31 bits per heavy atom. The molecule has 1 unspecified atom stereocenters. The van der Waals surface area contributed by atoms with Crippen LogP contribution in [0.1, 0.15) is 38.0 Å². The highest BCUT2D eigenvalue weighted by atomic mass is 16.6. The third-order valence-corrected chi connectivity index (χ3v) is 4.48. The van der Waals surface area contributed by atoms with Crippen LogP contribution in [-0.4, -0.2) is 20.3 Å². The van der Waals surface area contributed by atoms with Gasteiger partial charge in [-0.05, 0) is 17.0 Å². The van der Waals surface area contributed by atoms with Crippen LogP contribution in [0.2, 0.25) is 0 Å². The molecule has 0 saturated carbocycles. The number of aliphatic hydroxyl groups excluding tert-OH is 1. The molecule has 26 heavy (non-hydrogen) atoms. The monoisotopic (exact) mass is 355 g/mol. The molecular formula is C19H21N3O4. The van der Waals surface area contributed by atoms with Gasteiger partial charge in [0.2, 0.25) is 0 Å². The van der Waals surface area contributed by atoms with Gasteiger partial charge in [-0.25, -0.2) is 0 Å². The molecule has 0 amide bonds. The van der Waals surface area contributed by atoms with Crippen molar-refractivity contribution < 1.29 is 10.0 Å². The van der Waals surface area contributed by atoms with Gasteiger partial charge < -0.3 is 9.67 Å². The smallest absolute Gasteiger partial charge is 0.334 e. The van der Waals surface area contributed by atoms with Gasteiger partial charge in [-0.3, -0.25) is 19.9 Å². The molecule has 1 aliphatic rings. The minimum atomic E-state index is -0.679. The number of hydrogen-bond acceptors (Lipinski definition) is 5. The number of aromatic nitrogens is 1. The van der Waals surface area contributed by atoms with Gasteiger partial charge in [-0.2, -0.15) is 0 Å². The zero-order chi connectivity index (χ0) is 19.1. The average molecular weight is 355 g/mol. The third kappa shape index (κ3) is 3.30. The zero-order valence-electron chi connectivity index (χ0n) is 15.0. The third-order valence-electron chi connectivity index (χ3n) is 4.48. The molecule has 1 aromatic heterocycles. The molecule has 136 valence electrons. The number of para-hydroxylation sites is 1. The molecule has 0 radical (unpaired) electrons. The molecule has 3 rings (SSSR count). The molecule has 0 fully saturated rings. The predicted molar refractivity (Wildman–Crippen MR) is 99.0 cm³/mol. The molecule has 0 saturated heterocycles. The summed E-state index contributed by atoms with van der Waals surface area (Å²) in [7, 11) is 0. The number of fused-ring (bicyclic) bond motifs is 1. The Morgan fingerprint density at radius 3 is 2.69 bits per heavy atom. The Hall–Kier alpha value is -2.80. The summed E-state index contributed by atoms with van der Waals surface area (Å²) in [4.78, 5) is 27.1. The first-order chi connectivity index (χ1) is 12.2. The average Bonchev–Trinajstić information content (AvgIpc) is 2.97. The van der Waals surface area contributed by atoms with Crippen molar-refractivity contribution in [2.75, 3.05) is 0 Å². The first kappa shape index (κ1) is 18.0. The number of pyridine rings is 1. The van der Waals surface area contributed by atoms with E-state index in [0.717, 1.165) is 22.5 Å². The summed E-state index contributed by atoms with van der Waals surface area (Å²) in [5.74, 6) is 0. The Bertz CT molecular complexity index is 954. The Kier molecular flexibility index (Phi) is 4.50. The van der Waals surface area contributed by atoms with E-state index in [1.54, 1.807) is 0 Å². The zero-order valence-corrected chi connectivity index (χ0v) is 15.0. The van der Waals surface area contributed by atoms with Gasteiger partial charge in [0, 0.05) is 30.0 Å². The molecule has 1 aromatic carbocycles. The van der Waals surface area contributed by atoms with Gasteiger partial charge in [-0.15, -0.1) is 0 Å². The molecular weight excluding hydrogens is 334 g/mol. The molecule has 0 spiro atoms. The van der Waals surface area contributed by atoms with Gasteiger partial charge in [-0.1, -0.05) is 39.0 Å². The fraction of sp³-hybridized carbons (Fsp3) is 0.368. The van der Waals surface area contributed by atoms with Gasteiger partial charge >= 0.3 is 11.2 Å². The lowest BCUT2D eigenvalue weighted by molar-refractivity contribution is -0.386. The van der Waals surface area contributed by atoms with Crippen LogP contribution in [0.15, 0.2) is 46.3 Å². The number of aliphatic hydroxyl groups is 1. The highest BCUT2D eigenvalue weighted by Gasteiger charge is 2.29. The maximum absolute atomic E-state index is 12.2. The van der Waals surface area contributed by atoms with Crippen LogP contribution < -0.4 is 5.56 Å². The number of nitro groups is 1. The fourth-order valence-electron chi connectivity index (χ4n) is 3.07. The van der Waals surface area contributed by atoms with Crippen molar-refractivity contribution in [1.29, 1.82) is 0 Å². The summed E-state index contributed by atoms with van der Waals surface area (Å²) in [5.41, 5.74) is 1.79. The van der Waals surface area contributed by atoms with E-state index in [2.05, 4.69) is 4.99 Å². The topological polar surface area (TPSA) is 97.7 Å². The number of benzene rings is 1. The van der Waals surface area contributed by atoms with Crippen LogP contribution in [-0.2, 0) is 13.0 Å². The van der Waals surface area contributed by atoms with Crippen LogP contribution in [0.25, 0.3) is 0 Å². The Labute approximate surface area is 150 Å². The van der Waals surface area contributed by atoms with Crippen LogP contribution in [0.4, 0.5) is 11.4 Å². The van der Waals surface area contributed by atoms with Crippen LogP contribution in [0.3, 0.4) is 0 Å². The number of hydrogen-bond donors (Lipinski definition) is 1. The lowest BCUT2D eigenvalue weighted by atomic mass is 9.83. The Morgan fingerprint density at radius 2 is 2.04 bits per heavy atom. The van der Waals surface area contributed by atoms with Crippen LogP contribution >= 0.6 is 0 Å². The lowest BCUT2D eigenvalue weighted by Gasteiger charge is -2.27. The minimum Gasteiger partial charge on any atom is -0.388 e. The summed E-state index contributed by atoms with van der Waals surface area (Å²) in [5, 5.41) is 21.6.